The molecule has 0 spiro atoms. The van der Waals surface area contributed by atoms with Crippen LogP contribution in [-0.4, -0.2) is 67.4 Å². The number of nitrogens with one attached hydrogen (secondary N) is 1. The van der Waals surface area contributed by atoms with Gasteiger partial charge in [-0.3, -0.25) is 0 Å². The largest absolute Gasteiger partial charge is 0.381 e. The number of ether oxygens (including phenoxy) is 1. The van der Waals surface area contributed by atoms with Crippen molar-refractivity contribution in [3.8, 4) is 0 Å². The minimum Gasteiger partial charge on any atom is -0.381 e. The summed E-state index contributed by atoms with van der Waals surface area (Å²) in [6.45, 7) is 5.90. The quantitative estimate of drug-likeness (QED) is 0.835. The summed E-state index contributed by atoms with van der Waals surface area (Å²) in [5.74, 6) is 3.06. The van der Waals surface area contributed by atoms with E-state index >= 15 is 0 Å². The van der Waals surface area contributed by atoms with Gasteiger partial charge in [0.25, 0.3) is 0 Å². The van der Waals surface area contributed by atoms with Gasteiger partial charge in [0.15, 0.2) is 0 Å². The Morgan fingerprint density at radius 3 is 2.58 bits per heavy atom. The van der Waals surface area contributed by atoms with Crippen molar-refractivity contribution in [2.24, 2.45) is 5.92 Å². The van der Waals surface area contributed by atoms with E-state index in [0.717, 1.165) is 76.7 Å². The minimum absolute atomic E-state index is 0.378. The van der Waals surface area contributed by atoms with E-state index in [2.05, 4.69) is 32.1 Å². The second-order valence-electron chi connectivity index (χ2n) is 7.26. The molecule has 0 amide bonds. The normalized spacial score (nSPS) is 26.0. The van der Waals surface area contributed by atoms with E-state index in [0.29, 0.717) is 17.9 Å². The van der Waals surface area contributed by atoms with Gasteiger partial charge in [0, 0.05) is 51.0 Å². The molecule has 3 N–H and O–H groups in total. The predicted molar refractivity (Wildman–Crippen MR) is 95.4 cm³/mol. The Kier molecular flexibility index (Phi) is 4.45. The van der Waals surface area contributed by atoms with E-state index < -0.39 is 0 Å². The third kappa shape index (κ3) is 3.15. The van der Waals surface area contributed by atoms with Crippen molar-refractivity contribution in [1.29, 1.82) is 0 Å². The number of likely N-dealkylation sites (N-methyl/N-ethyl adjacent to an activating group) is 1. The molecule has 0 aliphatic carbocycles. The average molecular weight is 332 g/mol. The molecule has 7 nitrogen and oxygen atoms in total. The number of piperazine rings is 1. The van der Waals surface area contributed by atoms with Crippen LogP contribution in [0, 0.1) is 5.92 Å². The summed E-state index contributed by atoms with van der Waals surface area (Å²) in [4.78, 5) is 13.8. The molecule has 1 aromatic rings. The summed E-state index contributed by atoms with van der Waals surface area (Å²) in [7, 11) is 2.17. The number of nitrogens with two attached hydrogens (primary N) is 1. The molecule has 0 bridgehead atoms. The fraction of sp³-hybridized carbons (Fsp3) is 0.765. The third-order valence-electron chi connectivity index (χ3n) is 5.67. The highest BCUT2D eigenvalue weighted by Crippen LogP contribution is 2.35. The fourth-order valence-corrected chi connectivity index (χ4v) is 4.14. The second kappa shape index (κ2) is 6.72. The number of nitrogens with zero attached hydrogens (tertiary/aromatic N) is 4. The Balaban J connectivity index is 1.55. The molecule has 1 atom stereocenters. The van der Waals surface area contributed by atoms with E-state index in [4.69, 9.17) is 10.5 Å². The first-order chi connectivity index (χ1) is 11.7. The minimum atomic E-state index is 0.378. The van der Waals surface area contributed by atoms with Crippen LogP contribution < -0.4 is 16.0 Å². The summed E-state index contributed by atoms with van der Waals surface area (Å²) < 4.78 is 5.50. The lowest BCUT2D eigenvalue weighted by atomic mass is 9.86. The number of hydrogen-bond donors (Lipinski definition) is 2. The highest BCUT2D eigenvalue weighted by Gasteiger charge is 2.31. The first kappa shape index (κ1) is 15.9. The Morgan fingerprint density at radius 2 is 1.83 bits per heavy atom. The standard InChI is InChI=1S/C17H28N6O/c1-22-6-8-23(9-7-22)16-13-2-3-14(12-4-10-24-11-5-12)19-15(13)20-17(18)21-16/h12,14H,2-11H2,1H3,(H3,18,19,20,21). The molecule has 3 aliphatic heterocycles. The highest BCUT2D eigenvalue weighted by molar-refractivity contribution is 5.63. The first-order valence-electron chi connectivity index (χ1n) is 9.15. The van der Waals surface area contributed by atoms with Crippen LogP contribution in [0.4, 0.5) is 17.6 Å². The molecule has 4 heterocycles. The van der Waals surface area contributed by atoms with Crippen LogP contribution >= 0.6 is 0 Å². The van der Waals surface area contributed by atoms with Crippen LogP contribution in [0.15, 0.2) is 0 Å². The van der Waals surface area contributed by atoms with E-state index in [1.165, 1.54) is 5.56 Å². The van der Waals surface area contributed by atoms with E-state index in [-0.39, 0.29) is 0 Å². The number of rotatable bonds is 2. The molecular formula is C17H28N6O. The Hall–Kier alpha value is -1.60. The average Bonchev–Trinajstić information content (AvgIpc) is 2.62. The van der Waals surface area contributed by atoms with E-state index in [1.807, 2.05) is 0 Å². The summed E-state index contributed by atoms with van der Waals surface area (Å²) in [5.41, 5.74) is 7.27. The van der Waals surface area contributed by atoms with E-state index in [9.17, 15) is 0 Å². The van der Waals surface area contributed by atoms with Crippen LogP contribution in [0.1, 0.15) is 24.8 Å². The predicted octanol–water partition coefficient (Wildman–Crippen LogP) is 0.964. The highest BCUT2D eigenvalue weighted by atomic mass is 16.5. The molecule has 1 aromatic heterocycles. The number of hydrogen-bond acceptors (Lipinski definition) is 7. The molecule has 0 saturated carbocycles. The van der Waals surface area contributed by atoms with E-state index in [1.54, 1.807) is 0 Å². The Labute approximate surface area is 143 Å². The number of fused-ring (bicyclic) bond motifs is 1. The number of aromatic nitrogens is 2. The molecule has 132 valence electrons. The molecule has 7 heteroatoms. The second-order valence-corrected chi connectivity index (χ2v) is 7.26. The topological polar surface area (TPSA) is 79.5 Å². The Morgan fingerprint density at radius 1 is 1.08 bits per heavy atom. The van der Waals surface area contributed by atoms with Gasteiger partial charge in [0.2, 0.25) is 5.95 Å². The number of anilines is 3. The maximum atomic E-state index is 6.02. The smallest absolute Gasteiger partial charge is 0.223 e. The number of nitrogen functional groups attached to an aromatic ring is 1. The molecule has 24 heavy (non-hydrogen) atoms. The van der Waals surface area contributed by atoms with Gasteiger partial charge in [-0.05, 0) is 38.6 Å². The zero-order valence-corrected chi connectivity index (χ0v) is 14.5. The van der Waals surface area contributed by atoms with Crippen molar-refractivity contribution in [3.05, 3.63) is 5.56 Å². The lowest BCUT2D eigenvalue weighted by molar-refractivity contribution is 0.0594. The van der Waals surface area contributed by atoms with Gasteiger partial charge < -0.3 is 25.6 Å². The lowest BCUT2D eigenvalue weighted by Gasteiger charge is -2.38. The van der Waals surface area contributed by atoms with Gasteiger partial charge in [-0.25, -0.2) is 0 Å². The van der Waals surface area contributed by atoms with Crippen molar-refractivity contribution in [2.75, 3.05) is 62.4 Å². The van der Waals surface area contributed by atoms with Gasteiger partial charge in [0.05, 0.1) is 0 Å². The molecule has 1 unspecified atom stereocenters. The maximum absolute atomic E-state index is 6.02. The molecule has 0 aromatic carbocycles. The molecule has 2 saturated heterocycles. The summed E-state index contributed by atoms with van der Waals surface area (Å²) >= 11 is 0. The van der Waals surface area contributed by atoms with Crippen molar-refractivity contribution >= 4 is 17.6 Å². The zero-order chi connectivity index (χ0) is 16.5. The monoisotopic (exact) mass is 332 g/mol. The maximum Gasteiger partial charge on any atom is 0.223 e. The van der Waals surface area contributed by atoms with Crippen molar-refractivity contribution in [1.82, 2.24) is 14.9 Å². The molecule has 4 rings (SSSR count). The van der Waals surface area contributed by atoms with Crippen LogP contribution in [-0.2, 0) is 11.2 Å². The summed E-state index contributed by atoms with van der Waals surface area (Å²) in [5, 5.41) is 3.67. The molecular weight excluding hydrogens is 304 g/mol. The van der Waals surface area contributed by atoms with Gasteiger partial charge in [-0.1, -0.05) is 0 Å². The van der Waals surface area contributed by atoms with Crippen LogP contribution in [0.3, 0.4) is 0 Å². The van der Waals surface area contributed by atoms with Crippen LogP contribution in [0.2, 0.25) is 0 Å². The van der Waals surface area contributed by atoms with Gasteiger partial charge in [-0.15, -0.1) is 0 Å². The van der Waals surface area contributed by atoms with Gasteiger partial charge in [0.1, 0.15) is 11.6 Å². The molecule has 2 fully saturated rings. The third-order valence-corrected chi connectivity index (χ3v) is 5.67. The molecule has 3 aliphatic rings. The summed E-state index contributed by atoms with van der Waals surface area (Å²) in [6.07, 6.45) is 4.45. The van der Waals surface area contributed by atoms with Crippen molar-refractivity contribution < 1.29 is 4.74 Å². The fourth-order valence-electron chi connectivity index (χ4n) is 4.14. The first-order valence-corrected chi connectivity index (χ1v) is 9.15. The van der Waals surface area contributed by atoms with Crippen molar-refractivity contribution in [2.45, 2.75) is 31.7 Å². The van der Waals surface area contributed by atoms with Gasteiger partial charge in [-0.2, -0.15) is 9.97 Å². The Bertz CT molecular complexity index is 581. The van der Waals surface area contributed by atoms with Crippen LogP contribution in [0.25, 0.3) is 0 Å². The summed E-state index contributed by atoms with van der Waals surface area (Å²) in [6, 6.07) is 0.482. The van der Waals surface area contributed by atoms with Crippen LogP contribution in [0.5, 0.6) is 0 Å². The lowest BCUT2D eigenvalue weighted by Crippen LogP contribution is -2.45. The SMILES string of the molecule is CN1CCN(c2nc(N)nc3c2CCC(C2CCOCC2)N3)CC1. The molecule has 0 radical (unpaired) electrons. The van der Waals surface area contributed by atoms with Crippen molar-refractivity contribution in [3.63, 3.8) is 0 Å². The zero-order valence-electron chi connectivity index (χ0n) is 14.5. The van der Waals surface area contributed by atoms with Gasteiger partial charge >= 0.3 is 0 Å².